The Hall–Kier alpha value is -3.95. The summed E-state index contributed by atoms with van der Waals surface area (Å²) in [6.45, 7) is 2.72. The van der Waals surface area contributed by atoms with Gasteiger partial charge in [0.05, 0.1) is 4.70 Å². The summed E-state index contributed by atoms with van der Waals surface area (Å²) in [7, 11) is 0. The highest BCUT2D eigenvalue weighted by molar-refractivity contribution is 7.16. The molecule has 47 heavy (non-hydrogen) atoms. The number of carbonyl (C=O) groups excluding carboxylic acids is 2. The lowest BCUT2D eigenvalue weighted by Crippen LogP contribution is -2.42. The first-order valence-corrected chi connectivity index (χ1v) is 18.0. The molecule has 1 fully saturated rings. The number of hydrogen-bond acceptors (Lipinski definition) is 6. The minimum atomic E-state index is -0.148. The topological polar surface area (TPSA) is 115 Å². The van der Waals surface area contributed by atoms with Gasteiger partial charge in [-0.2, -0.15) is 0 Å². The molecule has 5 rings (SSSR count). The number of benzene rings is 3. The van der Waals surface area contributed by atoms with Crippen molar-refractivity contribution in [3.05, 3.63) is 98.7 Å². The van der Waals surface area contributed by atoms with Gasteiger partial charge in [0.25, 0.3) is 5.91 Å². The highest BCUT2D eigenvalue weighted by Gasteiger charge is 2.24. The maximum absolute atomic E-state index is 13.5. The highest BCUT2D eigenvalue weighted by Crippen LogP contribution is 2.29. The van der Waals surface area contributed by atoms with Crippen molar-refractivity contribution in [1.29, 1.82) is 0 Å². The smallest absolute Gasteiger partial charge is 0.305 e. The number of rotatable bonds is 16. The molecular weight excluding hydrogens is 609 g/mol. The third kappa shape index (κ3) is 10.3. The molecule has 0 unspecified atom stereocenters. The summed E-state index contributed by atoms with van der Waals surface area (Å²) < 4.78 is 0.844. The summed E-state index contributed by atoms with van der Waals surface area (Å²) in [4.78, 5) is 42.6. The second kappa shape index (κ2) is 17.8. The number of aromatic amines is 1. The van der Waals surface area contributed by atoms with Crippen molar-refractivity contribution in [1.82, 2.24) is 20.5 Å². The molecule has 250 valence electrons. The fourth-order valence-corrected chi connectivity index (χ4v) is 7.42. The van der Waals surface area contributed by atoms with Crippen molar-refractivity contribution in [3.63, 3.8) is 0 Å². The van der Waals surface area contributed by atoms with E-state index in [1.54, 1.807) is 6.07 Å². The van der Waals surface area contributed by atoms with Crippen molar-refractivity contribution in [3.8, 4) is 5.75 Å². The number of phenols is 1. The van der Waals surface area contributed by atoms with E-state index in [0.717, 1.165) is 90.8 Å². The van der Waals surface area contributed by atoms with Gasteiger partial charge in [0, 0.05) is 37.7 Å². The molecule has 0 aliphatic heterocycles. The SMILES string of the molecule is O=C(NCc1ccccc1)c1ccc(CCNCCC(=O)N(CCCCCc2ccc(O)c3[nH]c(=O)sc23)C2CCCCCC2)cc1. The van der Waals surface area contributed by atoms with Gasteiger partial charge in [-0.15, -0.1) is 0 Å². The van der Waals surface area contributed by atoms with Crippen LogP contribution in [0.2, 0.25) is 0 Å². The van der Waals surface area contributed by atoms with Crippen LogP contribution < -0.4 is 15.5 Å². The Morgan fingerprint density at radius 3 is 2.38 bits per heavy atom. The van der Waals surface area contributed by atoms with Crippen LogP contribution in [-0.4, -0.2) is 52.5 Å². The first-order chi connectivity index (χ1) is 23.0. The monoisotopic (exact) mass is 656 g/mol. The van der Waals surface area contributed by atoms with Crippen LogP contribution in [0.25, 0.3) is 10.2 Å². The van der Waals surface area contributed by atoms with Gasteiger partial charge in [-0.25, -0.2) is 0 Å². The number of amides is 2. The van der Waals surface area contributed by atoms with Crippen LogP contribution in [-0.2, 0) is 24.2 Å². The molecule has 1 heterocycles. The van der Waals surface area contributed by atoms with Crippen LogP contribution >= 0.6 is 11.3 Å². The summed E-state index contributed by atoms with van der Waals surface area (Å²) in [5.74, 6) is 0.279. The van der Waals surface area contributed by atoms with Crippen LogP contribution in [0, 0.1) is 0 Å². The fraction of sp³-hybridized carbons (Fsp3) is 0.447. The number of aryl methyl sites for hydroxylation is 1. The molecule has 0 radical (unpaired) electrons. The minimum absolute atomic E-state index is 0.0786. The first kappa shape index (κ1) is 34.4. The summed E-state index contributed by atoms with van der Waals surface area (Å²) in [5.41, 5.74) is 4.50. The van der Waals surface area contributed by atoms with Crippen LogP contribution in [0.5, 0.6) is 5.75 Å². The number of aromatic nitrogens is 1. The van der Waals surface area contributed by atoms with Crippen molar-refractivity contribution in [2.75, 3.05) is 19.6 Å². The Kier molecular flexibility index (Phi) is 13.0. The quantitative estimate of drug-likeness (QED) is 0.0791. The number of nitrogens with one attached hydrogen (secondary N) is 3. The summed E-state index contributed by atoms with van der Waals surface area (Å²) in [6, 6.07) is 21.5. The van der Waals surface area contributed by atoms with E-state index < -0.39 is 0 Å². The Bertz CT molecular complexity index is 1630. The van der Waals surface area contributed by atoms with Gasteiger partial charge in [-0.3, -0.25) is 14.4 Å². The molecule has 3 aromatic carbocycles. The average Bonchev–Trinajstić information content (AvgIpc) is 3.30. The third-order valence-electron chi connectivity index (χ3n) is 9.19. The number of carbonyl (C=O) groups is 2. The predicted octanol–water partition coefficient (Wildman–Crippen LogP) is 6.71. The van der Waals surface area contributed by atoms with E-state index in [4.69, 9.17) is 0 Å². The normalized spacial score (nSPS) is 13.8. The lowest BCUT2D eigenvalue weighted by molar-refractivity contribution is -0.133. The standard InChI is InChI=1S/C38H48N4O4S/c43-33-21-20-30(36-35(33)41-38(46)47-36)13-7-4-10-26-42(32-14-8-1-2-9-15-32)34(44)23-25-39-24-22-28-16-18-31(19-17-28)37(45)40-27-29-11-5-3-6-12-29/h3,5-6,11-12,16-21,32,39,43H,1-2,4,7-10,13-15,22-27H2,(H,40,45)(H,41,46). The van der Waals surface area contributed by atoms with Gasteiger partial charge in [0.15, 0.2) is 0 Å². The molecule has 1 aromatic heterocycles. The summed E-state index contributed by atoms with van der Waals surface area (Å²) in [6.07, 6.45) is 12.2. The van der Waals surface area contributed by atoms with E-state index in [2.05, 4.69) is 20.5 Å². The first-order valence-electron chi connectivity index (χ1n) is 17.2. The Morgan fingerprint density at radius 1 is 0.851 bits per heavy atom. The summed E-state index contributed by atoms with van der Waals surface area (Å²) in [5, 5.41) is 16.5. The van der Waals surface area contributed by atoms with Gasteiger partial charge in [-0.05, 0) is 80.0 Å². The highest BCUT2D eigenvalue weighted by atomic mass is 32.1. The van der Waals surface area contributed by atoms with E-state index in [1.807, 2.05) is 60.7 Å². The van der Waals surface area contributed by atoms with Gasteiger partial charge in [-0.1, -0.05) is 92.0 Å². The van der Waals surface area contributed by atoms with Gasteiger partial charge in [0.2, 0.25) is 5.91 Å². The molecular formula is C38H48N4O4S. The Labute approximate surface area is 281 Å². The van der Waals surface area contributed by atoms with E-state index in [-0.39, 0.29) is 22.4 Å². The molecule has 2 amide bonds. The van der Waals surface area contributed by atoms with Crippen molar-refractivity contribution in [2.45, 2.75) is 89.6 Å². The maximum Gasteiger partial charge on any atom is 0.305 e. The molecule has 1 saturated carbocycles. The average molecular weight is 657 g/mol. The predicted molar refractivity (Wildman–Crippen MR) is 190 cm³/mol. The molecule has 4 aromatic rings. The largest absolute Gasteiger partial charge is 0.506 e. The number of unbranched alkanes of at least 4 members (excludes halogenated alkanes) is 2. The number of hydrogen-bond donors (Lipinski definition) is 4. The lowest BCUT2D eigenvalue weighted by atomic mass is 10.0. The molecule has 9 heteroatoms. The molecule has 0 atom stereocenters. The zero-order chi connectivity index (χ0) is 32.8. The van der Waals surface area contributed by atoms with E-state index in [0.29, 0.717) is 36.6 Å². The number of aromatic hydroxyl groups is 1. The number of fused-ring (bicyclic) bond motifs is 1. The van der Waals surface area contributed by atoms with Crippen molar-refractivity contribution in [2.24, 2.45) is 0 Å². The van der Waals surface area contributed by atoms with E-state index >= 15 is 0 Å². The number of nitrogens with zero attached hydrogens (tertiary/aromatic N) is 1. The van der Waals surface area contributed by atoms with Crippen LogP contribution in [0.4, 0.5) is 0 Å². The fourth-order valence-electron chi connectivity index (χ4n) is 6.52. The zero-order valence-electron chi connectivity index (χ0n) is 27.3. The second-order valence-electron chi connectivity index (χ2n) is 12.6. The number of phenolic OH excluding ortho intramolecular Hbond substituents is 1. The van der Waals surface area contributed by atoms with Gasteiger partial charge >= 0.3 is 4.87 Å². The van der Waals surface area contributed by atoms with E-state index in [1.165, 1.54) is 25.7 Å². The van der Waals surface area contributed by atoms with Crippen LogP contribution in [0.15, 0.2) is 71.5 Å². The molecule has 4 N–H and O–H groups in total. The second-order valence-corrected chi connectivity index (χ2v) is 13.6. The zero-order valence-corrected chi connectivity index (χ0v) is 28.1. The van der Waals surface area contributed by atoms with Crippen molar-refractivity contribution < 1.29 is 14.7 Å². The lowest BCUT2D eigenvalue weighted by Gasteiger charge is -2.31. The maximum atomic E-state index is 13.5. The number of thiazole rings is 1. The van der Waals surface area contributed by atoms with Crippen LogP contribution in [0.1, 0.15) is 91.3 Å². The molecule has 8 nitrogen and oxygen atoms in total. The Balaban J connectivity index is 1.03. The molecule has 0 bridgehead atoms. The van der Waals surface area contributed by atoms with E-state index in [9.17, 15) is 19.5 Å². The van der Waals surface area contributed by atoms with Gasteiger partial charge < -0.3 is 25.6 Å². The molecule has 0 saturated heterocycles. The molecule has 1 aliphatic rings. The molecule has 0 spiro atoms. The van der Waals surface area contributed by atoms with Gasteiger partial charge in [0.1, 0.15) is 11.3 Å². The Morgan fingerprint density at radius 2 is 1.62 bits per heavy atom. The van der Waals surface area contributed by atoms with Crippen molar-refractivity contribution >= 4 is 33.4 Å². The molecule has 1 aliphatic carbocycles. The number of H-pyrrole nitrogens is 1. The summed E-state index contributed by atoms with van der Waals surface area (Å²) >= 11 is 1.15. The van der Waals surface area contributed by atoms with Crippen LogP contribution in [0.3, 0.4) is 0 Å². The minimum Gasteiger partial charge on any atom is -0.506 e. The third-order valence-corrected chi connectivity index (χ3v) is 10.1.